The van der Waals surface area contributed by atoms with E-state index in [0.717, 1.165) is 31.9 Å². The molecule has 1 aromatic carbocycles. The molecule has 0 heterocycles. The third-order valence-corrected chi connectivity index (χ3v) is 4.74. The maximum atomic E-state index is 12.1. The molecule has 0 radical (unpaired) electrons. The molecular weight excluding hydrogens is 439 g/mol. The number of rotatable bonds is 9. The number of benzene rings is 1. The fourth-order valence-corrected chi connectivity index (χ4v) is 3.04. The summed E-state index contributed by atoms with van der Waals surface area (Å²) in [5.41, 5.74) is 0. The first-order chi connectivity index (χ1) is 11.0. The largest absolute Gasteiger partial charge is 0.357 e. The van der Waals surface area contributed by atoms with Gasteiger partial charge in [0.25, 0.3) is 0 Å². The van der Waals surface area contributed by atoms with Crippen LogP contribution in [-0.4, -0.2) is 52.5 Å². The lowest BCUT2D eigenvalue weighted by atomic mass is 10.3. The van der Waals surface area contributed by atoms with Crippen LogP contribution in [0, 0.1) is 0 Å². The first-order valence-electron chi connectivity index (χ1n) is 8.05. The summed E-state index contributed by atoms with van der Waals surface area (Å²) in [4.78, 5) is 6.81. The molecule has 0 atom stereocenters. The number of nitrogens with zero attached hydrogens (tertiary/aromatic N) is 2. The Kier molecular flexibility index (Phi) is 12.0. The van der Waals surface area contributed by atoms with Gasteiger partial charge in [0.2, 0.25) is 10.0 Å². The van der Waals surface area contributed by atoms with E-state index in [0.29, 0.717) is 6.54 Å². The van der Waals surface area contributed by atoms with E-state index in [9.17, 15) is 8.42 Å². The highest BCUT2D eigenvalue weighted by Gasteiger charge is 2.12. The van der Waals surface area contributed by atoms with Crippen LogP contribution in [-0.2, 0) is 10.0 Å². The number of hydrogen-bond acceptors (Lipinski definition) is 3. The molecule has 0 aliphatic rings. The number of hydrogen-bond donors (Lipinski definition) is 2. The minimum Gasteiger partial charge on any atom is -0.357 e. The maximum absolute atomic E-state index is 12.1. The number of halogens is 1. The molecule has 0 aromatic heterocycles. The van der Waals surface area contributed by atoms with Gasteiger partial charge in [-0.05, 0) is 25.5 Å². The predicted octanol–water partition coefficient (Wildman–Crippen LogP) is 2.28. The molecule has 138 valence electrons. The Labute approximate surface area is 163 Å². The number of aliphatic imine (C=N–C) groups is 1. The van der Waals surface area contributed by atoms with Crippen LogP contribution in [0.1, 0.15) is 26.7 Å². The first-order valence-corrected chi connectivity index (χ1v) is 9.53. The van der Waals surface area contributed by atoms with E-state index >= 15 is 0 Å². The molecule has 0 amide bonds. The lowest BCUT2D eigenvalue weighted by Gasteiger charge is -2.21. The summed E-state index contributed by atoms with van der Waals surface area (Å²) in [5.74, 6) is 0.805. The Morgan fingerprint density at radius 3 is 2.46 bits per heavy atom. The summed E-state index contributed by atoms with van der Waals surface area (Å²) in [6.45, 7) is 6.54. The van der Waals surface area contributed by atoms with Crippen molar-refractivity contribution in [1.82, 2.24) is 14.9 Å². The van der Waals surface area contributed by atoms with Crippen molar-refractivity contribution < 1.29 is 8.42 Å². The Morgan fingerprint density at radius 1 is 1.21 bits per heavy atom. The number of nitrogens with one attached hydrogen (secondary N) is 2. The van der Waals surface area contributed by atoms with E-state index in [4.69, 9.17) is 0 Å². The normalized spacial score (nSPS) is 11.7. The molecule has 6 nitrogen and oxygen atoms in total. The Balaban J connectivity index is 0.00000529. The second-order valence-corrected chi connectivity index (χ2v) is 6.99. The van der Waals surface area contributed by atoms with Gasteiger partial charge >= 0.3 is 0 Å². The molecule has 0 aliphatic carbocycles. The Hall–Kier alpha value is -0.870. The SMILES string of the molecule is CCCCN(C)C(=NCCNS(=O)(=O)c1ccccc1)NCC.I. The van der Waals surface area contributed by atoms with Gasteiger partial charge in [0.1, 0.15) is 0 Å². The average Bonchev–Trinajstić information content (AvgIpc) is 2.56. The van der Waals surface area contributed by atoms with Crippen LogP contribution in [0.25, 0.3) is 0 Å². The van der Waals surface area contributed by atoms with Crippen molar-refractivity contribution in [2.75, 3.05) is 33.2 Å². The predicted molar refractivity (Wildman–Crippen MR) is 111 cm³/mol. The van der Waals surface area contributed by atoms with Crippen LogP contribution in [0.3, 0.4) is 0 Å². The minimum atomic E-state index is -3.46. The van der Waals surface area contributed by atoms with Gasteiger partial charge in [0.15, 0.2) is 5.96 Å². The zero-order valence-corrected chi connectivity index (χ0v) is 17.8. The third kappa shape index (κ3) is 8.29. The second kappa shape index (κ2) is 12.5. The minimum absolute atomic E-state index is 0. The molecule has 0 bridgehead atoms. The molecule has 1 rings (SSSR count). The standard InChI is InChI=1S/C16H28N4O2S.HI/c1-4-6-14-20(3)16(17-5-2)18-12-13-19-23(21,22)15-10-8-7-9-11-15;/h7-11,19H,4-6,12-14H2,1-3H3,(H,17,18);1H. The monoisotopic (exact) mass is 468 g/mol. The van der Waals surface area contributed by atoms with Gasteiger partial charge in [-0.2, -0.15) is 0 Å². The van der Waals surface area contributed by atoms with E-state index in [1.165, 1.54) is 0 Å². The molecular formula is C16H29IN4O2S. The summed E-state index contributed by atoms with van der Waals surface area (Å²) >= 11 is 0. The fourth-order valence-electron chi connectivity index (χ4n) is 2.00. The molecule has 2 N–H and O–H groups in total. The fraction of sp³-hybridized carbons (Fsp3) is 0.562. The van der Waals surface area contributed by atoms with Crippen molar-refractivity contribution in [3.63, 3.8) is 0 Å². The van der Waals surface area contributed by atoms with Gasteiger partial charge in [-0.3, -0.25) is 4.99 Å². The summed E-state index contributed by atoms with van der Waals surface area (Å²) in [6, 6.07) is 8.36. The van der Waals surface area contributed by atoms with Gasteiger partial charge < -0.3 is 10.2 Å². The maximum Gasteiger partial charge on any atom is 0.240 e. The Bertz CT molecular complexity index is 579. The smallest absolute Gasteiger partial charge is 0.240 e. The van der Waals surface area contributed by atoms with E-state index < -0.39 is 10.0 Å². The summed E-state index contributed by atoms with van der Waals surface area (Å²) in [5, 5.41) is 3.22. The molecule has 0 saturated heterocycles. The molecule has 24 heavy (non-hydrogen) atoms. The van der Waals surface area contributed by atoms with Crippen molar-refractivity contribution in [2.45, 2.75) is 31.6 Å². The van der Waals surface area contributed by atoms with E-state index in [-0.39, 0.29) is 35.4 Å². The van der Waals surface area contributed by atoms with Crippen molar-refractivity contribution in [2.24, 2.45) is 4.99 Å². The van der Waals surface area contributed by atoms with Crippen LogP contribution in [0.15, 0.2) is 40.2 Å². The van der Waals surface area contributed by atoms with Gasteiger partial charge in [-0.1, -0.05) is 31.5 Å². The van der Waals surface area contributed by atoms with Gasteiger partial charge in [-0.15, -0.1) is 24.0 Å². The summed E-state index contributed by atoms with van der Waals surface area (Å²) < 4.78 is 26.8. The zero-order valence-electron chi connectivity index (χ0n) is 14.7. The molecule has 0 fully saturated rings. The molecule has 0 aliphatic heterocycles. The summed E-state index contributed by atoms with van der Waals surface area (Å²) in [7, 11) is -1.47. The zero-order chi connectivity index (χ0) is 17.1. The molecule has 1 aromatic rings. The molecule has 0 spiro atoms. The van der Waals surface area contributed by atoms with Crippen LogP contribution in [0.2, 0.25) is 0 Å². The van der Waals surface area contributed by atoms with Crippen LogP contribution >= 0.6 is 24.0 Å². The Morgan fingerprint density at radius 2 is 1.88 bits per heavy atom. The van der Waals surface area contributed by atoms with Crippen molar-refractivity contribution in [3.05, 3.63) is 30.3 Å². The van der Waals surface area contributed by atoms with E-state index in [2.05, 4.69) is 26.9 Å². The number of guanidine groups is 1. The van der Waals surface area contributed by atoms with Gasteiger partial charge in [0.05, 0.1) is 11.4 Å². The van der Waals surface area contributed by atoms with Crippen LogP contribution in [0.5, 0.6) is 0 Å². The highest BCUT2D eigenvalue weighted by molar-refractivity contribution is 14.0. The van der Waals surface area contributed by atoms with Gasteiger partial charge in [-0.25, -0.2) is 13.1 Å². The van der Waals surface area contributed by atoms with Crippen molar-refractivity contribution in [1.29, 1.82) is 0 Å². The average molecular weight is 468 g/mol. The van der Waals surface area contributed by atoms with E-state index in [1.807, 2.05) is 14.0 Å². The van der Waals surface area contributed by atoms with Crippen molar-refractivity contribution in [3.8, 4) is 0 Å². The topological polar surface area (TPSA) is 73.8 Å². The molecule has 8 heteroatoms. The van der Waals surface area contributed by atoms with Gasteiger partial charge in [0, 0.05) is 26.7 Å². The third-order valence-electron chi connectivity index (χ3n) is 3.26. The second-order valence-electron chi connectivity index (χ2n) is 5.22. The first kappa shape index (κ1) is 23.1. The van der Waals surface area contributed by atoms with Crippen LogP contribution in [0.4, 0.5) is 0 Å². The lowest BCUT2D eigenvalue weighted by Crippen LogP contribution is -2.40. The quantitative estimate of drug-likeness (QED) is 0.253. The number of sulfonamides is 1. The van der Waals surface area contributed by atoms with Crippen molar-refractivity contribution >= 4 is 40.0 Å². The van der Waals surface area contributed by atoms with Crippen LogP contribution < -0.4 is 10.0 Å². The highest BCUT2D eigenvalue weighted by atomic mass is 127. The lowest BCUT2D eigenvalue weighted by molar-refractivity contribution is 0.465. The highest BCUT2D eigenvalue weighted by Crippen LogP contribution is 2.06. The van der Waals surface area contributed by atoms with E-state index in [1.54, 1.807) is 30.3 Å². The molecule has 0 saturated carbocycles. The number of unbranched alkanes of at least 4 members (excludes halogenated alkanes) is 1. The molecule has 0 unspecified atom stereocenters. The summed E-state index contributed by atoms with van der Waals surface area (Å²) in [6.07, 6.45) is 2.22.